The van der Waals surface area contributed by atoms with E-state index in [0.717, 1.165) is 23.9 Å². The van der Waals surface area contributed by atoms with E-state index in [1.807, 2.05) is 0 Å². The Morgan fingerprint density at radius 1 is 1.18 bits per heavy atom. The highest BCUT2D eigenvalue weighted by Crippen LogP contribution is 2.43. The topological polar surface area (TPSA) is 49.4 Å². The van der Waals surface area contributed by atoms with Crippen LogP contribution in [0.15, 0.2) is 47.4 Å². The van der Waals surface area contributed by atoms with Crippen molar-refractivity contribution < 1.29 is 27.2 Å². The molecule has 0 aliphatic carbocycles. The summed E-state index contributed by atoms with van der Waals surface area (Å²) in [6.45, 7) is 0. The lowest BCUT2D eigenvalue weighted by Crippen LogP contribution is -2.57. The van der Waals surface area contributed by atoms with Gasteiger partial charge in [0.05, 0.1) is 17.3 Å². The van der Waals surface area contributed by atoms with Crippen LogP contribution in [0, 0.1) is 11.7 Å². The van der Waals surface area contributed by atoms with Crippen LogP contribution in [0.5, 0.6) is 0 Å². The van der Waals surface area contributed by atoms with Crippen LogP contribution in [0.25, 0.3) is 0 Å². The van der Waals surface area contributed by atoms with Crippen molar-refractivity contribution in [2.75, 3.05) is 18.6 Å². The molecule has 148 valence electrons. The Labute approximate surface area is 162 Å². The number of hydrogen-bond donors (Lipinski definition) is 1. The second-order valence-electron chi connectivity index (χ2n) is 6.30. The Hall–Kier alpha value is -2.55. The molecule has 0 saturated carbocycles. The molecule has 1 heterocycles. The number of β-lactam (4-membered cyclic amide) rings is 1. The van der Waals surface area contributed by atoms with Crippen molar-refractivity contribution in [2.45, 2.75) is 17.1 Å². The summed E-state index contributed by atoms with van der Waals surface area (Å²) in [6, 6.07) is 8.34. The van der Waals surface area contributed by atoms with Crippen molar-refractivity contribution >= 4 is 29.3 Å². The third-order valence-corrected chi connectivity index (χ3v) is 5.43. The lowest BCUT2D eigenvalue weighted by molar-refractivity contribution is -0.158. The number of rotatable bonds is 4. The molecule has 1 aliphatic heterocycles. The van der Waals surface area contributed by atoms with Gasteiger partial charge in [0.1, 0.15) is 11.7 Å². The average molecular weight is 412 g/mol. The van der Waals surface area contributed by atoms with Crippen LogP contribution in [0.3, 0.4) is 0 Å². The number of alkyl halides is 3. The second-order valence-corrected chi connectivity index (χ2v) is 7.15. The largest absolute Gasteiger partial charge is 0.417 e. The van der Waals surface area contributed by atoms with E-state index in [0.29, 0.717) is 0 Å². The number of nitrogens with one attached hydrogen (secondary N) is 1. The molecular weight excluding hydrogens is 396 g/mol. The van der Waals surface area contributed by atoms with Gasteiger partial charge in [0.15, 0.2) is 0 Å². The number of likely N-dealkylation sites (tertiary alicyclic amines) is 1. The van der Waals surface area contributed by atoms with E-state index >= 15 is 0 Å². The summed E-state index contributed by atoms with van der Waals surface area (Å²) in [5.41, 5.74) is -0.721. The van der Waals surface area contributed by atoms with Gasteiger partial charge in [0.2, 0.25) is 11.8 Å². The first kappa shape index (κ1) is 20.2. The number of halogens is 4. The average Bonchev–Trinajstić information content (AvgIpc) is 2.65. The fraction of sp³-hybridized carbons (Fsp3) is 0.263. The van der Waals surface area contributed by atoms with Gasteiger partial charge in [-0.25, -0.2) is 4.39 Å². The van der Waals surface area contributed by atoms with Gasteiger partial charge < -0.3 is 10.2 Å². The third-order valence-electron chi connectivity index (χ3n) is 4.63. The van der Waals surface area contributed by atoms with Gasteiger partial charge in [-0.1, -0.05) is 18.2 Å². The quantitative estimate of drug-likeness (QED) is 0.352. The van der Waals surface area contributed by atoms with E-state index in [1.54, 1.807) is 0 Å². The van der Waals surface area contributed by atoms with Gasteiger partial charge in [0, 0.05) is 11.9 Å². The zero-order valence-corrected chi connectivity index (χ0v) is 15.7. The fourth-order valence-corrected chi connectivity index (χ4v) is 3.81. The molecular formula is C19H16F4N2O2S. The van der Waals surface area contributed by atoms with E-state index < -0.39 is 41.3 Å². The summed E-state index contributed by atoms with van der Waals surface area (Å²) >= 11 is 0.959. The number of hydrogen-bond acceptors (Lipinski definition) is 3. The second kappa shape index (κ2) is 7.46. The summed E-state index contributed by atoms with van der Waals surface area (Å²) in [6.07, 6.45) is -3.03. The number of nitrogens with zero attached hydrogens (tertiary/aromatic N) is 1. The predicted octanol–water partition coefficient (Wildman–Crippen LogP) is 4.33. The molecule has 4 nitrogen and oxygen atoms in total. The minimum absolute atomic E-state index is 0.0527. The molecule has 2 aromatic carbocycles. The molecule has 9 heteroatoms. The van der Waals surface area contributed by atoms with Crippen molar-refractivity contribution in [3.8, 4) is 0 Å². The van der Waals surface area contributed by atoms with Crippen LogP contribution in [-0.4, -0.2) is 30.0 Å². The smallest absolute Gasteiger partial charge is 0.337 e. The molecule has 2 atom stereocenters. The molecule has 2 aromatic rings. The van der Waals surface area contributed by atoms with Crippen molar-refractivity contribution in [1.82, 2.24) is 4.90 Å². The lowest BCUT2D eigenvalue weighted by atomic mass is 9.81. The number of carbonyl (C=O) groups excluding carboxylic acids is 2. The highest BCUT2D eigenvalue weighted by molar-refractivity contribution is 7.98. The van der Waals surface area contributed by atoms with E-state index in [1.165, 1.54) is 48.5 Å². The van der Waals surface area contributed by atoms with E-state index in [2.05, 4.69) is 5.32 Å². The lowest BCUT2D eigenvalue weighted by Gasteiger charge is -2.44. The molecule has 0 bridgehead atoms. The number of para-hydroxylation sites is 1. The third kappa shape index (κ3) is 3.58. The van der Waals surface area contributed by atoms with Crippen LogP contribution in [0.4, 0.5) is 23.2 Å². The predicted molar refractivity (Wildman–Crippen MR) is 97.3 cm³/mol. The summed E-state index contributed by atoms with van der Waals surface area (Å²) in [5, 5.41) is 2.34. The van der Waals surface area contributed by atoms with Crippen LogP contribution >= 0.6 is 11.8 Å². The Bertz CT molecular complexity index is 932. The molecule has 2 amide bonds. The van der Waals surface area contributed by atoms with Gasteiger partial charge in [-0.05, 0) is 36.1 Å². The SMILES string of the molecule is CSc1ccc(C2C(C(=O)Nc3ccccc3F)C(=O)N2C)cc1C(F)(F)F. The summed E-state index contributed by atoms with van der Waals surface area (Å²) in [5.74, 6) is -3.20. The highest BCUT2D eigenvalue weighted by Gasteiger charge is 2.51. The van der Waals surface area contributed by atoms with Crippen molar-refractivity contribution in [3.63, 3.8) is 0 Å². The first-order valence-electron chi connectivity index (χ1n) is 8.22. The minimum Gasteiger partial charge on any atom is -0.337 e. The molecule has 1 saturated heterocycles. The zero-order valence-electron chi connectivity index (χ0n) is 14.9. The Kier molecular flexibility index (Phi) is 5.38. The standard InChI is InChI=1S/C19H16F4N2O2S/c1-25-16(10-7-8-14(28-2)11(9-10)19(21,22)23)15(18(25)27)17(26)24-13-6-4-3-5-12(13)20/h3-9,15-16H,1-2H3,(H,24,26). The Morgan fingerprint density at radius 3 is 2.46 bits per heavy atom. The Balaban J connectivity index is 1.92. The molecule has 3 rings (SSSR count). The maximum absolute atomic E-state index is 13.8. The van der Waals surface area contributed by atoms with Gasteiger partial charge >= 0.3 is 6.18 Å². The van der Waals surface area contributed by atoms with Crippen molar-refractivity contribution in [3.05, 3.63) is 59.4 Å². The highest BCUT2D eigenvalue weighted by atomic mass is 32.2. The molecule has 1 fully saturated rings. The Morgan fingerprint density at radius 2 is 1.86 bits per heavy atom. The first-order chi connectivity index (χ1) is 13.1. The summed E-state index contributed by atoms with van der Waals surface area (Å²) in [4.78, 5) is 26.0. The van der Waals surface area contributed by atoms with Gasteiger partial charge in [-0.2, -0.15) is 13.2 Å². The number of amides is 2. The summed E-state index contributed by atoms with van der Waals surface area (Å²) in [7, 11) is 1.41. The number of carbonyl (C=O) groups is 2. The number of benzene rings is 2. The molecule has 28 heavy (non-hydrogen) atoms. The molecule has 2 unspecified atom stereocenters. The van der Waals surface area contributed by atoms with E-state index in [4.69, 9.17) is 0 Å². The molecule has 0 radical (unpaired) electrons. The molecule has 0 aromatic heterocycles. The van der Waals surface area contributed by atoms with E-state index in [9.17, 15) is 27.2 Å². The van der Waals surface area contributed by atoms with Crippen LogP contribution in [0.2, 0.25) is 0 Å². The van der Waals surface area contributed by atoms with Crippen LogP contribution in [-0.2, 0) is 15.8 Å². The fourth-order valence-electron chi connectivity index (χ4n) is 3.21. The normalized spacial score (nSPS) is 19.4. The maximum Gasteiger partial charge on any atom is 0.417 e. The first-order valence-corrected chi connectivity index (χ1v) is 9.45. The summed E-state index contributed by atoms with van der Waals surface area (Å²) < 4.78 is 53.8. The van der Waals surface area contributed by atoms with Gasteiger partial charge in [-0.3, -0.25) is 9.59 Å². The monoisotopic (exact) mass is 412 g/mol. The van der Waals surface area contributed by atoms with E-state index in [-0.39, 0.29) is 16.1 Å². The minimum atomic E-state index is -4.56. The van der Waals surface area contributed by atoms with Crippen LogP contribution in [0.1, 0.15) is 17.2 Å². The van der Waals surface area contributed by atoms with Crippen molar-refractivity contribution in [2.24, 2.45) is 5.92 Å². The molecule has 0 spiro atoms. The maximum atomic E-state index is 13.8. The molecule has 1 aliphatic rings. The van der Waals surface area contributed by atoms with Gasteiger partial charge in [0.25, 0.3) is 0 Å². The molecule has 1 N–H and O–H groups in total. The number of thioether (sulfide) groups is 1. The zero-order chi connectivity index (χ0) is 20.6. The van der Waals surface area contributed by atoms with Crippen molar-refractivity contribution in [1.29, 1.82) is 0 Å². The van der Waals surface area contributed by atoms with Crippen LogP contribution < -0.4 is 5.32 Å². The number of anilines is 1. The van der Waals surface area contributed by atoms with Gasteiger partial charge in [-0.15, -0.1) is 11.8 Å².